The Kier molecular flexibility index (Phi) is 4.41. The van der Waals surface area contributed by atoms with Crippen LogP contribution in [0.25, 0.3) is 22.4 Å². The number of carbonyl (C=O) groups is 1. The molecule has 1 amide bonds. The van der Waals surface area contributed by atoms with Gasteiger partial charge in [0.1, 0.15) is 17.0 Å². The third kappa shape index (κ3) is 3.45. The second-order valence-electron chi connectivity index (χ2n) is 5.60. The molecule has 0 fully saturated rings. The van der Waals surface area contributed by atoms with Crippen molar-refractivity contribution in [3.05, 3.63) is 76.3 Å². The highest BCUT2D eigenvalue weighted by Crippen LogP contribution is 2.24. The number of oxazole rings is 1. The molecule has 130 valence electrons. The van der Waals surface area contributed by atoms with Gasteiger partial charge in [-0.15, -0.1) is 0 Å². The Morgan fingerprint density at radius 2 is 1.81 bits per heavy atom. The van der Waals surface area contributed by atoms with Gasteiger partial charge in [-0.3, -0.25) is 4.79 Å². The van der Waals surface area contributed by atoms with E-state index in [1.807, 2.05) is 24.3 Å². The molecule has 5 nitrogen and oxygen atoms in total. The van der Waals surface area contributed by atoms with Crippen LogP contribution in [0.2, 0.25) is 10.4 Å². The summed E-state index contributed by atoms with van der Waals surface area (Å²) in [7, 11) is 0. The predicted octanol–water partition coefficient (Wildman–Crippen LogP) is 5.32. The van der Waals surface area contributed by atoms with Gasteiger partial charge in [-0.05, 0) is 66.2 Å². The molecule has 0 aliphatic carbocycles. The van der Waals surface area contributed by atoms with Crippen molar-refractivity contribution in [2.75, 3.05) is 0 Å². The quantitative estimate of drug-likeness (QED) is 0.514. The average molecular weight is 387 g/mol. The van der Waals surface area contributed by atoms with Crippen molar-refractivity contribution in [3.8, 4) is 11.3 Å². The highest BCUT2D eigenvalue weighted by molar-refractivity contribution is 6.30. The van der Waals surface area contributed by atoms with Crippen molar-refractivity contribution in [1.82, 2.24) is 10.3 Å². The van der Waals surface area contributed by atoms with Crippen molar-refractivity contribution < 1.29 is 13.6 Å². The normalized spacial score (nSPS) is 11.0. The van der Waals surface area contributed by atoms with Crippen molar-refractivity contribution in [2.45, 2.75) is 6.54 Å². The molecule has 7 heteroatoms. The Morgan fingerprint density at radius 1 is 1.00 bits per heavy atom. The lowest BCUT2D eigenvalue weighted by atomic mass is 10.2. The molecule has 2 aromatic carbocycles. The topological polar surface area (TPSA) is 68.3 Å². The largest absolute Gasteiger partial charge is 0.459 e. The maximum Gasteiger partial charge on any atom is 0.293 e. The number of nitrogens with zero attached hydrogens (tertiary/aromatic N) is 1. The van der Waals surface area contributed by atoms with Crippen LogP contribution in [0.15, 0.2) is 63.4 Å². The number of halogens is 2. The van der Waals surface area contributed by atoms with Crippen LogP contribution in [0, 0.1) is 0 Å². The minimum absolute atomic E-state index is 0.0443. The number of rotatable bonds is 4. The van der Waals surface area contributed by atoms with E-state index < -0.39 is 0 Å². The first kappa shape index (κ1) is 16.7. The molecular weight excluding hydrogens is 375 g/mol. The Hall–Kier alpha value is -2.76. The van der Waals surface area contributed by atoms with Gasteiger partial charge in [0, 0.05) is 16.1 Å². The fraction of sp³-hybridized carbons (Fsp3) is 0.0526. The number of benzene rings is 2. The van der Waals surface area contributed by atoms with Gasteiger partial charge in [0.25, 0.3) is 11.3 Å². The molecule has 0 atom stereocenters. The predicted molar refractivity (Wildman–Crippen MR) is 99.3 cm³/mol. The van der Waals surface area contributed by atoms with Crippen LogP contribution < -0.4 is 5.32 Å². The van der Waals surface area contributed by atoms with Crippen LogP contribution >= 0.6 is 23.2 Å². The van der Waals surface area contributed by atoms with E-state index >= 15 is 0 Å². The highest BCUT2D eigenvalue weighted by Gasteiger charge is 2.11. The van der Waals surface area contributed by atoms with E-state index in [0.717, 1.165) is 5.56 Å². The van der Waals surface area contributed by atoms with Gasteiger partial charge in [-0.2, -0.15) is 4.98 Å². The number of amides is 1. The van der Waals surface area contributed by atoms with Gasteiger partial charge in [-0.25, -0.2) is 0 Å². The van der Waals surface area contributed by atoms with Crippen LogP contribution in [0.3, 0.4) is 0 Å². The molecule has 4 rings (SSSR count). The summed E-state index contributed by atoms with van der Waals surface area (Å²) in [6, 6.07) is 16.0. The molecule has 0 aliphatic heterocycles. The molecule has 0 radical (unpaired) electrons. The molecule has 2 heterocycles. The van der Waals surface area contributed by atoms with Crippen LogP contribution in [0.5, 0.6) is 0 Å². The van der Waals surface area contributed by atoms with E-state index in [0.29, 0.717) is 33.2 Å². The molecule has 4 aromatic rings. The van der Waals surface area contributed by atoms with Crippen LogP contribution in [-0.4, -0.2) is 10.9 Å². The summed E-state index contributed by atoms with van der Waals surface area (Å²) in [6.07, 6.45) is 0. The zero-order valence-corrected chi connectivity index (χ0v) is 14.8. The zero-order chi connectivity index (χ0) is 18.1. The molecule has 0 unspecified atom stereocenters. The number of fused-ring (bicyclic) bond motifs is 1. The number of nitrogens with one attached hydrogen (secondary N) is 1. The molecular formula is C19H12Cl2N2O3. The van der Waals surface area contributed by atoms with E-state index in [4.69, 9.17) is 32.0 Å². The van der Waals surface area contributed by atoms with Gasteiger partial charge < -0.3 is 14.2 Å². The molecule has 1 N–H and O–H groups in total. The minimum atomic E-state index is -0.246. The summed E-state index contributed by atoms with van der Waals surface area (Å²) in [4.78, 5) is 16.3. The third-order valence-corrected chi connectivity index (χ3v) is 4.25. The second-order valence-corrected chi connectivity index (χ2v) is 6.36. The number of hydrogen-bond donors (Lipinski definition) is 1. The lowest BCUT2D eigenvalue weighted by molar-refractivity contribution is 0.0948. The summed E-state index contributed by atoms with van der Waals surface area (Å²) < 4.78 is 11.0. The first-order chi connectivity index (χ1) is 12.6. The number of carbonyl (C=O) groups excluding carboxylic acids is 1. The number of hydrogen-bond acceptors (Lipinski definition) is 4. The lowest BCUT2D eigenvalue weighted by Gasteiger charge is -2.03. The second kappa shape index (κ2) is 6.86. The summed E-state index contributed by atoms with van der Waals surface area (Å²) >= 11 is 11.6. The lowest BCUT2D eigenvalue weighted by Crippen LogP contribution is -2.22. The van der Waals surface area contributed by atoms with E-state index in [9.17, 15) is 4.79 Å². The Morgan fingerprint density at radius 3 is 2.62 bits per heavy atom. The highest BCUT2D eigenvalue weighted by atomic mass is 35.5. The Bertz CT molecular complexity index is 1080. The van der Waals surface area contributed by atoms with Gasteiger partial charge in [0.15, 0.2) is 5.58 Å². The number of aromatic nitrogens is 1. The standard InChI is InChI=1S/C19H12Cl2N2O3/c20-13-4-1-11(2-5-13)16-8-6-14(25-16)10-22-18(24)12-3-7-15-17(9-12)26-19(21)23-15/h1-9H,10H2,(H,22,24). The van der Waals surface area contributed by atoms with Crippen molar-refractivity contribution in [2.24, 2.45) is 0 Å². The summed E-state index contributed by atoms with van der Waals surface area (Å²) in [5.74, 6) is 1.11. The van der Waals surface area contributed by atoms with Crippen molar-refractivity contribution in [3.63, 3.8) is 0 Å². The summed E-state index contributed by atoms with van der Waals surface area (Å²) in [5, 5.41) is 3.52. The van der Waals surface area contributed by atoms with Gasteiger partial charge >= 0.3 is 0 Å². The summed E-state index contributed by atoms with van der Waals surface area (Å²) in [6.45, 7) is 0.265. The molecule has 26 heavy (non-hydrogen) atoms. The fourth-order valence-corrected chi connectivity index (χ4v) is 2.85. The smallest absolute Gasteiger partial charge is 0.293 e. The molecule has 0 bridgehead atoms. The van der Waals surface area contributed by atoms with Crippen molar-refractivity contribution >= 4 is 40.2 Å². The summed E-state index contributed by atoms with van der Waals surface area (Å²) in [5.41, 5.74) is 2.44. The molecule has 0 spiro atoms. The van der Waals surface area contributed by atoms with E-state index in [-0.39, 0.29) is 17.8 Å². The molecule has 2 aromatic heterocycles. The van der Waals surface area contributed by atoms with Crippen LogP contribution in [-0.2, 0) is 6.54 Å². The number of furan rings is 1. The maximum absolute atomic E-state index is 12.3. The van der Waals surface area contributed by atoms with Gasteiger partial charge in [0.2, 0.25) is 0 Å². The van der Waals surface area contributed by atoms with E-state index in [1.54, 1.807) is 30.3 Å². The SMILES string of the molecule is O=C(NCc1ccc(-c2ccc(Cl)cc2)o1)c1ccc2nc(Cl)oc2c1. The maximum atomic E-state index is 12.3. The fourth-order valence-electron chi connectivity index (χ4n) is 2.55. The first-order valence-electron chi connectivity index (χ1n) is 7.77. The van der Waals surface area contributed by atoms with E-state index in [2.05, 4.69) is 10.3 Å². The van der Waals surface area contributed by atoms with Crippen LogP contribution in [0.1, 0.15) is 16.1 Å². The Balaban J connectivity index is 1.44. The molecule has 0 saturated carbocycles. The Labute approximate surface area is 158 Å². The first-order valence-corrected chi connectivity index (χ1v) is 8.53. The zero-order valence-electron chi connectivity index (χ0n) is 13.3. The monoisotopic (exact) mass is 386 g/mol. The van der Waals surface area contributed by atoms with Crippen LogP contribution in [0.4, 0.5) is 0 Å². The minimum Gasteiger partial charge on any atom is -0.459 e. The molecule has 0 saturated heterocycles. The third-order valence-electron chi connectivity index (χ3n) is 3.84. The van der Waals surface area contributed by atoms with Gasteiger partial charge in [0.05, 0.1) is 6.54 Å². The van der Waals surface area contributed by atoms with E-state index in [1.165, 1.54) is 0 Å². The van der Waals surface area contributed by atoms with Crippen molar-refractivity contribution in [1.29, 1.82) is 0 Å². The average Bonchev–Trinajstić information content (AvgIpc) is 3.25. The molecule has 0 aliphatic rings. The van der Waals surface area contributed by atoms with Gasteiger partial charge in [-0.1, -0.05) is 11.6 Å².